The molecule has 0 amide bonds. The van der Waals surface area contributed by atoms with Crippen LogP contribution in [0.25, 0.3) is 0 Å². The average molecular weight is 297 g/mol. The normalized spacial score (nSPS) is 11.0. The molecule has 0 atom stereocenters. The molecule has 0 saturated heterocycles. The number of nitrogens with zero attached hydrogens (tertiary/aromatic N) is 2. The molecule has 6 nitrogen and oxygen atoms in total. The molecule has 0 radical (unpaired) electrons. The van der Waals surface area contributed by atoms with Crippen molar-refractivity contribution < 1.29 is 8.42 Å². The van der Waals surface area contributed by atoms with E-state index in [1.807, 2.05) is 6.07 Å². The predicted octanol–water partition coefficient (Wildman–Crippen LogP) is 2.04. The quantitative estimate of drug-likeness (QED) is 0.905. The van der Waals surface area contributed by atoms with Crippen LogP contribution < -0.4 is 4.72 Å². The number of nitriles is 1. The van der Waals surface area contributed by atoms with Gasteiger partial charge in [0.05, 0.1) is 34.2 Å². The summed E-state index contributed by atoms with van der Waals surface area (Å²) in [5.41, 5.74) is 0.992. The first-order chi connectivity index (χ1) is 8.94. The number of rotatable bonds is 3. The molecule has 19 heavy (non-hydrogen) atoms. The minimum absolute atomic E-state index is 0.0490. The largest absolute Gasteiger partial charge is 0.281 e. The molecular formula is C11H9ClN4O2S. The molecule has 2 N–H and O–H groups in total. The van der Waals surface area contributed by atoms with Gasteiger partial charge in [-0.05, 0) is 25.1 Å². The molecule has 0 spiro atoms. The molecule has 0 saturated carbocycles. The highest BCUT2D eigenvalue weighted by Gasteiger charge is 2.19. The Morgan fingerprint density at radius 1 is 1.47 bits per heavy atom. The SMILES string of the molecule is Cc1[nH]ncc1S(=O)(=O)Nc1ccc(C#N)cc1Cl. The zero-order valence-corrected chi connectivity index (χ0v) is 11.4. The highest BCUT2D eigenvalue weighted by atomic mass is 35.5. The molecule has 1 heterocycles. The number of aromatic amines is 1. The van der Waals surface area contributed by atoms with Crippen LogP contribution in [0.3, 0.4) is 0 Å². The highest BCUT2D eigenvalue weighted by molar-refractivity contribution is 7.92. The van der Waals surface area contributed by atoms with Crippen molar-refractivity contribution in [2.24, 2.45) is 0 Å². The highest BCUT2D eigenvalue weighted by Crippen LogP contribution is 2.26. The lowest BCUT2D eigenvalue weighted by molar-refractivity contribution is 0.600. The van der Waals surface area contributed by atoms with Crippen LogP contribution in [0.5, 0.6) is 0 Å². The van der Waals surface area contributed by atoms with Crippen molar-refractivity contribution in [2.75, 3.05) is 4.72 Å². The third-order valence-electron chi connectivity index (χ3n) is 2.42. The second-order valence-corrected chi connectivity index (χ2v) is 5.83. The fraction of sp³-hybridized carbons (Fsp3) is 0.0909. The third kappa shape index (κ3) is 2.70. The average Bonchev–Trinajstić information content (AvgIpc) is 2.79. The number of aryl methyl sites for hydroxylation is 1. The number of hydrogen-bond acceptors (Lipinski definition) is 4. The van der Waals surface area contributed by atoms with Gasteiger partial charge < -0.3 is 0 Å². The molecule has 0 unspecified atom stereocenters. The Hall–Kier alpha value is -2.04. The number of H-pyrrole nitrogens is 1. The van der Waals surface area contributed by atoms with E-state index in [9.17, 15) is 8.42 Å². The van der Waals surface area contributed by atoms with Gasteiger partial charge >= 0.3 is 0 Å². The minimum atomic E-state index is -3.75. The predicted molar refractivity (Wildman–Crippen MR) is 70.3 cm³/mol. The first kappa shape index (κ1) is 13.4. The van der Waals surface area contributed by atoms with Crippen LogP contribution in [-0.4, -0.2) is 18.6 Å². The van der Waals surface area contributed by atoms with E-state index < -0.39 is 10.0 Å². The van der Waals surface area contributed by atoms with E-state index >= 15 is 0 Å². The Balaban J connectivity index is 2.37. The summed E-state index contributed by atoms with van der Waals surface area (Å²) in [5, 5.41) is 15.1. The van der Waals surface area contributed by atoms with Crippen molar-refractivity contribution in [2.45, 2.75) is 11.8 Å². The van der Waals surface area contributed by atoms with Crippen molar-refractivity contribution in [1.82, 2.24) is 10.2 Å². The topological polar surface area (TPSA) is 98.6 Å². The molecule has 0 aliphatic rings. The van der Waals surface area contributed by atoms with Gasteiger partial charge in [0.25, 0.3) is 10.0 Å². The summed E-state index contributed by atoms with van der Waals surface area (Å²) in [4.78, 5) is 0.0490. The van der Waals surface area contributed by atoms with Crippen molar-refractivity contribution >= 4 is 27.3 Å². The summed E-state index contributed by atoms with van der Waals surface area (Å²) < 4.78 is 26.5. The van der Waals surface area contributed by atoms with E-state index in [2.05, 4.69) is 14.9 Å². The van der Waals surface area contributed by atoms with Crippen molar-refractivity contribution in [3.8, 4) is 6.07 Å². The molecule has 2 aromatic rings. The molecule has 2 rings (SSSR count). The van der Waals surface area contributed by atoms with Crippen LogP contribution in [0, 0.1) is 18.3 Å². The summed E-state index contributed by atoms with van der Waals surface area (Å²) >= 11 is 5.91. The summed E-state index contributed by atoms with van der Waals surface area (Å²) in [6, 6.07) is 6.22. The summed E-state index contributed by atoms with van der Waals surface area (Å²) in [6.45, 7) is 1.60. The van der Waals surface area contributed by atoms with Crippen LogP contribution in [0.1, 0.15) is 11.3 Å². The van der Waals surface area contributed by atoms with Crippen LogP contribution in [0.15, 0.2) is 29.3 Å². The summed E-state index contributed by atoms with van der Waals surface area (Å²) in [7, 11) is -3.75. The third-order valence-corrected chi connectivity index (χ3v) is 4.21. The monoisotopic (exact) mass is 296 g/mol. The van der Waals surface area contributed by atoms with Crippen molar-refractivity contribution in [1.29, 1.82) is 5.26 Å². The van der Waals surface area contributed by atoms with Gasteiger partial charge in [-0.1, -0.05) is 11.6 Å². The zero-order chi connectivity index (χ0) is 14.0. The van der Waals surface area contributed by atoms with Gasteiger partial charge in [-0.15, -0.1) is 0 Å². The fourth-order valence-corrected chi connectivity index (χ4v) is 2.98. The van der Waals surface area contributed by atoms with Crippen LogP contribution in [0.2, 0.25) is 5.02 Å². The summed E-state index contributed by atoms with van der Waals surface area (Å²) in [6.07, 6.45) is 1.22. The number of anilines is 1. The molecule has 0 fully saturated rings. The van der Waals surface area contributed by atoms with Gasteiger partial charge in [0.15, 0.2) is 0 Å². The van der Waals surface area contributed by atoms with Gasteiger partial charge in [-0.25, -0.2) is 8.42 Å². The smallest absolute Gasteiger partial charge is 0.265 e. The maximum absolute atomic E-state index is 12.1. The van der Waals surface area contributed by atoms with E-state index in [1.54, 1.807) is 6.92 Å². The first-order valence-corrected chi connectivity index (χ1v) is 7.02. The number of aromatic nitrogens is 2. The molecule has 1 aromatic carbocycles. The second kappa shape index (κ2) is 4.91. The molecule has 0 aliphatic heterocycles. The fourth-order valence-electron chi connectivity index (χ4n) is 1.48. The molecule has 1 aromatic heterocycles. The Morgan fingerprint density at radius 2 is 2.21 bits per heavy atom. The summed E-state index contributed by atoms with van der Waals surface area (Å²) in [5.74, 6) is 0. The number of halogens is 1. The van der Waals surface area contributed by atoms with Crippen molar-refractivity contribution in [3.63, 3.8) is 0 Å². The van der Waals surface area contributed by atoms with Crippen LogP contribution in [-0.2, 0) is 10.0 Å². The molecule has 0 aliphatic carbocycles. The Kier molecular flexibility index (Phi) is 3.46. The van der Waals surface area contributed by atoms with Gasteiger partial charge in [0.2, 0.25) is 0 Å². The minimum Gasteiger partial charge on any atom is -0.281 e. The van der Waals surface area contributed by atoms with E-state index in [0.717, 1.165) is 0 Å². The molecular weight excluding hydrogens is 288 g/mol. The van der Waals surface area contributed by atoms with Gasteiger partial charge in [0, 0.05) is 0 Å². The number of nitrogens with one attached hydrogen (secondary N) is 2. The van der Waals surface area contributed by atoms with E-state index in [0.29, 0.717) is 11.3 Å². The van der Waals surface area contributed by atoms with Gasteiger partial charge in [0.1, 0.15) is 4.90 Å². The van der Waals surface area contributed by atoms with E-state index in [4.69, 9.17) is 16.9 Å². The van der Waals surface area contributed by atoms with E-state index in [-0.39, 0.29) is 15.6 Å². The zero-order valence-electron chi connectivity index (χ0n) is 9.81. The first-order valence-electron chi connectivity index (χ1n) is 5.16. The lowest BCUT2D eigenvalue weighted by Crippen LogP contribution is -2.13. The molecule has 8 heteroatoms. The number of benzene rings is 1. The molecule has 98 valence electrons. The lowest BCUT2D eigenvalue weighted by Gasteiger charge is -2.08. The van der Waals surface area contributed by atoms with Crippen molar-refractivity contribution in [3.05, 3.63) is 40.7 Å². The van der Waals surface area contributed by atoms with E-state index in [1.165, 1.54) is 24.4 Å². The Labute approximate surface area is 115 Å². The number of sulfonamides is 1. The van der Waals surface area contributed by atoms with Crippen LogP contribution in [0.4, 0.5) is 5.69 Å². The Morgan fingerprint density at radius 3 is 2.74 bits per heavy atom. The van der Waals surface area contributed by atoms with Crippen LogP contribution >= 0.6 is 11.6 Å². The number of hydrogen-bond donors (Lipinski definition) is 2. The second-order valence-electron chi connectivity index (χ2n) is 3.77. The lowest BCUT2D eigenvalue weighted by atomic mass is 10.2. The molecule has 0 bridgehead atoms. The maximum atomic E-state index is 12.1. The maximum Gasteiger partial charge on any atom is 0.265 e. The standard InChI is InChI=1S/C11H9ClN4O2S/c1-7-11(6-14-15-7)19(17,18)16-10-3-2-8(5-13)4-9(10)12/h2-4,6,16H,1H3,(H,14,15). The Bertz CT molecular complexity index is 761. The van der Waals surface area contributed by atoms with Gasteiger partial charge in [-0.3, -0.25) is 9.82 Å². The van der Waals surface area contributed by atoms with Gasteiger partial charge in [-0.2, -0.15) is 10.4 Å².